The van der Waals surface area contributed by atoms with Crippen molar-refractivity contribution in [3.8, 4) is 0 Å². The van der Waals surface area contributed by atoms with Gasteiger partial charge < -0.3 is 18.6 Å². The van der Waals surface area contributed by atoms with Crippen LogP contribution in [0.5, 0.6) is 0 Å². The summed E-state index contributed by atoms with van der Waals surface area (Å²) in [6, 6.07) is 33.3. The molecule has 0 saturated carbocycles. The molecule has 0 unspecified atom stereocenters. The number of rotatable bonds is 4. The minimum atomic E-state index is -0.391. The van der Waals surface area contributed by atoms with Gasteiger partial charge in [-0.15, -0.1) is 0 Å². The Labute approximate surface area is 1080 Å². The lowest BCUT2D eigenvalue weighted by atomic mass is 9.79. The van der Waals surface area contributed by atoms with Crippen LogP contribution in [0.15, 0.2) is 101 Å². The van der Waals surface area contributed by atoms with E-state index >= 15 is 0 Å². The molecule has 136 heavy (non-hydrogen) atoms. The van der Waals surface area contributed by atoms with E-state index in [4.69, 9.17) is 36.1 Å². The largest absolute Gasteiger partial charge is 0.494 e. The Morgan fingerprint density at radius 2 is 0.368 bits per heavy atom. The van der Waals surface area contributed by atoms with Gasteiger partial charge in [0.05, 0.1) is 16.9 Å². The molecule has 0 N–H and O–H groups in total. The Morgan fingerprint density at radius 3 is 0.574 bits per heavy atom. The van der Waals surface area contributed by atoms with E-state index in [0.717, 1.165) is 44.5 Å². The van der Waals surface area contributed by atoms with Gasteiger partial charge in [-0.25, -0.2) is 0 Å². The van der Waals surface area contributed by atoms with Crippen LogP contribution in [0.2, 0.25) is 0 Å². The zero-order chi connectivity index (χ0) is 96.2. The second-order valence-electron chi connectivity index (χ2n) is 16.8. The van der Waals surface area contributed by atoms with Gasteiger partial charge in [0.1, 0.15) is 5.58 Å². The number of anilines is 3. The number of fused-ring (bicyclic) bond motifs is 3. The van der Waals surface area contributed by atoms with E-state index < -0.39 is 7.12 Å². The van der Waals surface area contributed by atoms with Crippen LogP contribution in [-0.4, -0.2) is 18.3 Å². The number of para-hydroxylation sites is 3. The lowest BCUT2D eigenvalue weighted by Crippen LogP contribution is -2.41. The number of hydrogen-bond donors (Lipinski definition) is 0. The van der Waals surface area contributed by atoms with Crippen LogP contribution in [0.25, 0.3) is 21.9 Å². The van der Waals surface area contributed by atoms with E-state index in [9.17, 15) is 0 Å². The fraction of sp³-hybridized carbons (Fsp3) is 0.200. The monoisotopic (exact) mass is 3690 g/mol. The van der Waals surface area contributed by atoms with Gasteiger partial charge in [0.25, 0.3) is 0 Å². The van der Waals surface area contributed by atoms with Gasteiger partial charge in [0, 0.05) is 924 Å². The van der Waals surface area contributed by atoms with Crippen molar-refractivity contribution in [3.63, 3.8) is 0 Å². The van der Waals surface area contributed by atoms with Crippen molar-refractivity contribution in [2.24, 2.45) is 0 Å². The summed E-state index contributed by atoms with van der Waals surface area (Å²) >= 11 is 9.66. The van der Waals surface area contributed by atoms with Crippen molar-refractivity contribution in [2.75, 3.05) is 4.90 Å². The molecule has 6 rings (SSSR count). The fourth-order valence-electron chi connectivity index (χ4n) is 5.77. The molecular weight excluding hydrogens is 3670 g/mol. The van der Waals surface area contributed by atoms with Gasteiger partial charge in [-0.05, 0) is 69.6 Å². The number of nitrogens with zero attached hydrogens (tertiary/aromatic N) is 1. The summed E-state index contributed by atoms with van der Waals surface area (Å²) in [4.78, 5) is 2.23. The first kappa shape index (κ1) is 145. The highest BCUT2D eigenvalue weighted by Gasteiger charge is 2.51. The average molecular weight is 3700 g/mol. The zero-order valence-electron chi connectivity index (χ0n) is 61.7. The number of furan rings is 1. The van der Waals surface area contributed by atoms with Crippen molar-refractivity contribution in [3.05, 3.63) is 97.1 Å². The minimum Gasteiger partial charge on any atom is -0.454 e. The highest BCUT2D eigenvalue weighted by atomic mass is 33.6. The van der Waals surface area contributed by atoms with Crippen LogP contribution >= 0.6 is 0 Å². The molecule has 0 atom stereocenters. The van der Waals surface area contributed by atoms with Gasteiger partial charge in [-0.2, -0.15) is 0 Å². The maximum atomic E-state index is 6.38. The molecule has 0 aliphatic carbocycles. The predicted molar refractivity (Wildman–Crippen MR) is 888 cm³/mol. The summed E-state index contributed by atoms with van der Waals surface area (Å²) in [6.45, 7) is 8.30. The lowest BCUT2D eigenvalue weighted by Gasteiger charge is -2.32. The molecule has 0 amide bonds. The van der Waals surface area contributed by atoms with E-state index in [1.165, 1.54) is 17.8 Å². The quantitative estimate of drug-likeness (QED) is 0.179. The van der Waals surface area contributed by atoms with Crippen molar-refractivity contribution in [1.29, 1.82) is 0 Å². The Balaban J connectivity index is 0.000000759. The molecule has 1 aromatic heterocycles. The highest BCUT2D eigenvalue weighted by Crippen LogP contribution is 2.42. The van der Waals surface area contributed by atoms with Crippen molar-refractivity contribution < 1.29 is 13.7 Å². The SMILES string of the molecule is CC1(C)OB(c2ccc(N(c3ccccc3)c3cccc4c3oc3ccccc34)cc2)OC1(C)C.S=S=S=S=S=S=S=S=S=S=S=S=S=S=S=S=S=S=S=S=S=S=S=S=S=S=S=S=S=S=S=S=S=S=S=S=S=S=S=S=S=S=S=S=S=S=S=S=S=S=S=S=S=S=S=S=S=S=S=S=S=S=S=S=S=S=S=S=S=S=S=S=S=S=S=S=S=S=S=S=S=S=S=S=S=S=S=S=S=S=S=S=S=S=S=S=S=S=S=S=S. The van der Waals surface area contributed by atoms with Gasteiger partial charge in [0.2, 0.25) is 0 Å². The molecule has 4 nitrogen and oxygen atoms in total. The topological polar surface area (TPSA) is 34.8 Å². The minimum absolute atomic E-state index is 0.372. The highest BCUT2D eigenvalue weighted by molar-refractivity contribution is 8.87. The van der Waals surface area contributed by atoms with Crippen molar-refractivity contribution in [1.82, 2.24) is 0 Å². The average Bonchev–Trinajstić information content (AvgIpc) is 1.59. The molecular formula is C30H28BNO3S101. The number of hydrogen-bond acceptors (Lipinski definition) is 6. The Hall–Kier alpha value is 18.7. The third-order valence-electron chi connectivity index (χ3n) is 10.0. The Kier molecular flexibility index (Phi) is 120. The first-order valence-electron chi connectivity index (χ1n) is 28.7. The summed E-state index contributed by atoms with van der Waals surface area (Å²) in [6.07, 6.45) is 0. The molecule has 106 heteroatoms. The summed E-state index contributed by atoms with van der Waals surface area (Å²) in [5.41, 5.74) is 5.10. The fourth-order valence-corrected chi connectivity index (χ4v) is 272. The third kappa shape index (κ3) is 85.5. The van der Waals surface area contributed by atoms with Gasteiger partial charge >= 0.3 is 7.12 Å². The summed E-state index contributed by atoms with van der Waals surface area (Å²) in [7, 11) is 179. The molecule has 5 aromatic rings. The van der Waals surface area contributed by atoms with E-state index in [2.05, 4.69) is 105 Å². The summed E-state index contributed by atoms with van der Waals surface area (Å²) < 4.78 is 18.9. The van der Waals surface area contributed by atoms with E-state index in [-0.39, 0.29) is 11.2 Å². The first-order chi connectivity index (χ1) is 67.3. The predicted octanol–water partition coefficient (Wildman–Crippen LogP) is 7.11. The zero-order valence-corrected chi connectivity index (χ0v) is 144. The van der Waals surface area contributed by atoms with Crippen LogP contribution in [0.1, 0.15) is 27.7 Å². The second-order valence-corrected chi connectivity index (χ2v) is 192. The lowest BCUT2D eigenvalue weighted by molar-refractivity contribution is 0.00578. The van der Waals surface area contributed by atoms with Gasteiger partial charge in [-0.1, -0.05) is 60.7 Å². The van der Waals surface area contributed by atoms with Gasteiger partial charge in [-0.3, -0.25) is 0 Å². The van der Waals surface area contributed by atoms with Crippen LogP contribution < -0.4 is 10.4 Å². The van der Waals surface area contributed by atoms with Crippen LogP contribution in [0.3, 0.4) is 0 Å². The van der Waals surface area contributed by atoms with E-state index in [0.29, 0.717) is 0 Å². The molecule has 0 spiro atoms. The van der Waals surface area contributed by atoms with E-state index in [1.54, 1.807) is 107 Å². The number of benzene rings is 4. The van der Waals surface area contributed by atoms with Crippen molar-refractivity contribution >= 4 is 953 Å². The third-order valence-corrected chi connectivity index (χ3v) is 228. The Morgan fingerprint density at radius 1 is 0.191 bits per heavy atom. The first-order valence-corrected chi connectivity index (χ1v) is 162. The molecule has 2 heterocycles. The summed E-state index contributed by atoms with van der Waals surface area (Å²) in [5.74, 6) is 0. The molecule has 780 valence electrons. The Bertz CT molecular complexity index is 10100. The molecule has 1 aliphatic rings. The molecule has 1 aliphatic heterocycles. The molecule has 0 radical (unpaired) electrons. The smallest absolute Gasteiger partial charge is 0.454 e. The maximum Gasteiger partial charge on any atom is 0.494 e. The van der Waals surface area contributed by atoms with E-state index in [1.807, 2.05) is 779 Å². The van der Waals surface area contributed by atoms with Crippen LogP contribution in [-0.2, 0) is 911 Å². The molecule has 1 saturated heterocycles. The van der Waals surface area contributed by atoms with Crippen LogP contribution in [0.4, 0.5) is 17.1 Å². The van der Waals surface area contributed by atoms with Crippen molar-refractivity contribution in [2.45, 2.75) is 38.9 Å². The molecule has 1 fully saturated rings. The standard InChI is InChI=1S/C30H28BNO3.S101/c1-29(2)30(3,4)35-31(34-29)21-17-19-23(20-18-21)32(22-11-6-5-7-12-22)26-15-10-14-25-24-13-8-9-16-27(24)33-28(25)26;1-3-5-7-9-11-13-15-17-19-21-23-25-27-29-31-33-35-37-39-41-43-45-47-49-51-53-55-57-59-61-63-65-67-69-71-73-75-77-79-81-83-85-87-89-91-93-95-97-99-101-100-98-96-94-92-90-88-86-84-82-80-78-76-74-72-70-68-66-64-62-60-58-56-54-52-50-48-46-44-42-40-38-36-34-32-30-28-26-24-22-20-18-16-14-12-10-8-6-4-2/h5-20H,1-4H3;. The summed E-state index contributed by atoms with van der Waals surface area (Å²) in [5, 5.41) is 2.22. The maximum absolute atomic E-state index is 6.38. The normalized spacial score (nSPS) is 10.2. The molecule has 4 aromatic carbocycles. The molecule has 0 bridgehead atoms. The van der Waals surface area contributed by atoms with Crippen LogP contribution in [0, 0.1) is 0 Å². The van der Waals surface area contributed by atoms with Gasteiger partial charge in [0.15, 0.2) is 5.58 Å². The second kappa shape index (κ2) is 112.